The van der Waals surface area contributed by atoms with Gasteiger partial charge in [0, 0.05) is 45.5 Å². The van der Waals surface area contributed by atoms with E-state index in [0.29, 0.717) is 6.04 Å². The monoisotopic (exact) mass is 524 g/mol. The molecule has 30 heavy (non-hydrogen) atoms. The average Bonchev–Trinajstić information content (AvgIpc) is 3.24. The Labute approximate surface area is 196 Å². The number of guanidine groups is 1. The molecule has 0 bridgehead atoms. The largest absolute Gasteiger partial charge is 0.495 e. The Hall–Kier alpha value is -2.23. The first kappa shape index (κ1) is 24.0. The molecule has 1 saturated heterocycles. The Kier molecular flexibility index (Phi) is 10.5. The van der Waals surface area contributed by atoms with Crippen LogP contribution >= 0.6 is 24.0 Å². The second-order valence-electron chi connectivity index (χ2n) is 7.10. The van der Waals surface area contributed by atoms with Crippen LogP contribution in [0.3, 0.4) is 0 Å². The highest BCUT2D eigenvalue weighted by Crippen LogP contribution is 2.30. The summed E-state index contributed by atoms with van der Waals surface area (Å²) in [6.45, 7) is 3.76. The van der Waals surface area contributed by atoms with Crippen LogP contribution in [0.1, 0.15) is 19.3 Å². The molecule has 1 atom stereocenters. The number of methoxy groups -OCH3 is 1. The minimum absolute atomic E-state index is 0. The zero-order valence-corrected chi connectivity index (χ0v) is 20.1. The topological polar surface area (TPSA) is 73.8 Å². The number of aliphatic imine (C=N–C) groups is 1. The van der Waals surface area contributed by atoms with Crippen LogP contribution in [0.15, 0.2) is 53.7 Å². The number of ether oxygens (including phenoxy) is 1. The summed E-state index contributed by atoms with van der Waals surface area (Å²) in [5.41, 5.74) is 1.16. The molecule has 8 heteroatoms. The molecule has 0 spiro atoms. The van der Waals surface area contributed by atoms with Crippen molar-refractivity contribution in [1.82, 2.24) is 15.6 Å². The van der Waals surface area contributed by atoms with Gasteiger partial charge in [-0.1, -0.05) is 18.2 Å². The molecule has 164 valence electrons. The predicted octanol–water partition coefficient (Wildman–Crippen LogP) is 3.34. The summed E-state index contributed by atoms with van der Waals surface area (Å²) in [4.78, 5) is 11.0. The lowest BCUT2D eigenvalue weighted by atomic mass is 10.2. The number of aromatic nitrogens is 1. The van der Waals surface area contributed by atoms with Gasteiger partial charge >= 0.3 is 0 Å². The quantitative estimate of drug-likeness (QED) is 0.202. The van der Waals surface area contributed by atoms with E-state index < -0.39 is 0 Å². The fourth-order valence-electron chi connectivity index (χ4n) is 3.52. The van der Waals surface area contributed by atoms with Gasteiger partial charge in [0.05, 0.1) is 12.8 Å². The standard InChI is InChI=1S/C22H32N6O.HI/c1-23-22(26-15-8-7-14-25-21-11-5-6-13-24-21)27-18-12-16-28(17-18)19-9-3-4-10-20(19)29-2;/h3-6,9-11,13,18H,7-8,12,14-17H2,1-2H3,(H,24,25)(H2,23,26,27);1H. The highest BCUT2D eigenvalue weighted by Gasteiger charge is 2.25. The van der Waals surface area contributed by atoms with E-state index in [-0.39, 0.29) is 24.0 Å². The van der Waals surface area contributed by atoms with Crippen LogP contribution in [0, 0.1) is 0 Å². The summed E-state index contributed by atoms with van der Waals surface area (Å²) in [7, 11) is 3.55. The second-order valence-corrected chi connectivity index (χ2v) is 7.10. The Morgan fingerprint density at radius 1 is 1.17 bits per heavy atom. The minimum Gasteiger partial charge on any atom is -0.495 e. The first-order chi connectivity index (χ1) is 14.3. The molecule has 0 radical (unpaired) electrons. The second kappa shape index (κ2) is 13.1. The summed E-state index contributed by atoms with van der Waals surface area (Å²) in [5.74, 6) is 2.73. The fourth-order valence-corrected chi connectivity index (χ4v) is 3.52. The van der Waals surface area contributed by atoms with Gasteiger partial charge in [-0.25, -0.2) is 4.98 Å². The SMILES string of the molecule is CN=C(NCCCCNc1ccccn1)NC1CCN(c2ccccc2OC)C1.I. The lowest BCUT2D eigenvalue weighted by molar-refractivity contribution is 0.415. The number of hydrogen-bond donors (Lipinski definition) is 3. The van der Waals surface area contributed by atoms with Crippen LogP contribution in [-0.4, -0.2) is 57.3 Å². The number of benzene rings is 1. The molecule has 1 aliphatic heterocycles. The van der Waals surface area contributed by atoms with Crippen molar-refractivity contribution in [1.29, 1.82) is 0 Å². The molecule has 7 nitrogen and oxygen atoms in total. The minimum atomic E-state index is 0. The van der Waals surface area contributed by atoms with Gasteiger partial charge in [-0.2, -0.15) is 0 Å². The molecule has 0 saturated carbocycles. The Balaban J connectivity index is 0.00000320. The Bertz CT molecular complexity index is 773. The van der Waals surface area contributed by atoms with Gasteiger partial charge in [-0.15, -0.1) is 24.0 Å². The van der Waals surface area contributed by atoms with Gasteiger partial charge in [-0.05, 0) is 43.5 Å². The molecular weight excluding hydrogens is 491 g/mol. The van der Waals surface area contributed by atoms with Gasteiger partial charge in [0.2, 0.25) is 0 Å². The van der Waals surface area contributed by atoms with Crippen molar-refractivity contribution in [2.75, 3.05) is 50.6 Å². The van der Waals surface area contributed by atoms with E-state index >= 15 is 0 Å². The van der Waals surface area contributed by atoms with E-state index in [1.165, 1.54) is 0 Å². The third kappa shape index (κ3) is 7.23. The first-order valence-electron chi connectivity index (χ1n) is 10.3. The number of hydrogen-bond acceptors (Lipinski definition) is 5. The number of rotatable bonds is 9. The van der Waals surface area contributed by atoms with Crippen molar-refractivity contribution < 1.29 is 4.74 Å². The van der Waals surface area contributed by atoms with Crippen molar-refractivity contribution >= 4 is 41.4 Å². The van der Waals surface area contributed by atoms with Gasteiger partial charge in [0.15, 0.2) is 5.96 Å². The summed E-state index contributed by atoms with van der Waals surface area (Å²) in [6.07, 6.45) is 5.02. The van der Waals surface area contributed by atoms with E-state index in [0.717, 1.165) is 68.7 Å². The maximum Gasteiger partial charge on any atom is 0.191 e. The van der Waals surface area contributed by atoms with Crippen molar-refractivity contribution in [3.8, 4) is 5.75 Å². The summed E-state index contributed by atoms with van der Waals surface area (Å²) < 4.78 is 5.50. The van der Waals surface area contributed by atoms with Gasteiger partial charge in [0.1, 0.15) is 11.6 Å². The molecule has 2 heterocycles. The highest BCUT2D eigenvalue weighted by atomic mass is 127. The molecule has 0 amide bonds. The smallest absolute Gasteiger partial charge is 0.191 e. The molecule has 1 unspecified atom stereocenters. The van der Waals surface area contributed by atoms with Gasteiger partial charge < -0.3 is 25.6 Å². The summed E-state index contributed by atoms with van der Waals surface area (Å²) in [5, 5.41) is 10.3. The lowest BCUT2D eigenvalue weighted by Gasteiger charge is -2.22. The van der Waals surface area contributed by atoms with Gasteiger partial charge in [0.25, 0.3) is 0 Å². The van der Waals surface area contributed by atoms with Crippen LogP contribution < -0.4 is 25.6 Å². The van der Waals surface area contributed by atoms with E-state index in [9.17, 15) is 0 Å². The van der Waals surface area contributed by atoms with Crippen LogP contribution in [0.2, 0.25) is 0 Å². The van der Waals surface area contributed by atoms with E-state index in [2.05, 4.69) is 43.0 Å². The predicted molar refractivity (Wildman–Crippen MR) is 135 cm³/mol. The lowest BCUT2D eigenvalue weighted by Crippen LogP contribution is -2.44. The molecule has 0 aliphatic carbocycles. The number of para-hydroxylation sites is 2. The first-order valence-corrected chi connectivity index (χ1v) is 10.3. The molecule has 3 rings (SSSR count). The summed E-state index contributed by atoms with van der Waals surface area (Å²) >= 11 is 0. The number of nitrogens with zero attached hydrogens (tertiary/aromatic N) is 3. The van der Waals surface area contributed by atoms with Crippen molar-refractivity contribution in [3.63, 3.8) is 0 Å². The van der Waals surface area contributed by atoms with E-state index in [1.807, 2.05) is 37.4 Å². The molecule has 1 aliphatic rings. The van der Waals surface area contributed by atoms with Crippen LogP contribution in [0.5, 0.6) is 5.75 Å². The molecule has 1 aromatic carbocycles. The number of pyridine rings is 1. The maximum absolute atomic E-state index is 5.50. The van der Waals surface area contributed by atoms with Crippen molar-refractivity contribution in [2.45, 2.75) is 25.3 Å². The van der Waals surface area contributed by atoms with Crippen molar-refractivity contribution in [3.05, 3.63) is 48.7 Å². The normalized spacial score (nSPS) is 16.0. The Morgan fingerprint density at radius 3 is 2.73 bits per heavy atom. The Morgan fingerprint density at radius 2 is 1.97 bits per heavy atom. The van der Waals surface area contributed by atoms with E-state index in [1.54, 1.807) is 13.3 Å². The third-order valence-electron chi connectivity index (χ3n) is 5.05. The molecule has 1 fully saturated rings. The number of unbranched alkanes of at least 4 members (excludes halogenated alkanes) is 1. The van der Waals surface area contributed by atoms with Crippen molar-refractivity contribution in [2.24, 2.45) is 4.99 Å². The number of nitrogens with one attached hydrogen (secondary N) is 3. The zero-order valence-electron chi connectivity index (χ0n) is 17.8. The maximum atomic E-state index is 5.50. The van der Waals surface area contributed by atoms with Gasteiger partial charge in [-0.3, -0.25) is 4.99 Å². The molecule has 2 aromatic rings. The van der Waals surface area contributed by atoms with E-state index in [4.69, 9.17) is 4.74 Å². The summed E-state index contributed by atoms with van der Waals surface area (Å²) in [6, 6.07) is 14.5. The third-order valence-corrected chi connectivity index (χ3v) is 5.05. The zero-order chi connectivity index (χ0) is 20.3. The van der Waals surface area contributed by atoms with Crippen LogP contribution in [-0.2, 0) is 0 Å². The molecular formula is C22H33IN6O. The highest BCUT2D eigenvalue weighted by molar-refractivity contribution is 14.0. The average molecular weight is 524 g/mol. The number of anilines is 2. The van der Waals surface area contributed by atoms with Crippen LogP contribution in [0.25, 0.3) is 0 Å². The number of halogens is 1. The molecule has 1 aromatic heterocycles. The molecule has 3 N–H and O–H groups in total. The van der Waals surface area contributed by atoms with Crippen LogP contribution in [0.4, 0.5) is 11.5 Å². The fraction of sp³-hybridized carbons (Fsp3) is 0.455.